The van der Waals surface area contributed by atoms with Crippen molar-refractivity contribution in [2.45, 2.75) is 39.5 Å². The summed E-state index contributed by atoms with van der Waals surface area (Å²) in [4.78, 5) is 0. The second-order valence-electron chi connectivity index (χ2n) is 5.88. The van der Waals surface area contributed by atoms with Gasteiger partial charge in [-0.15, -0.1) is 0 Å². The lowest BCUT2D eigenvalue weighted by Gasteiger charge is -2.13. The first-order valence-corrected chi connectivity index (χ1v) is 9.11. The van der Waals surface area contributed by atoms with Crippen LogP contribution in [0.25, 0.3) is 11.1 Å². The number of hydrogen-bond acceptors (Lipinski definition) is 2. The van der Waals surface area contributed by atoms with Crippen molar-refractivity contribution in [1.82, 2.24) is 0 Å². The fourth-order valence-corrected chi connectivity index (χ4v) is 2.71. The van der Waals surface area contributed by atoms with Crippen molar-refractivity contribution in [2.24, 2.45) is 0 Å². The molecule has 0 spiro atoms. The Balaban J connectivity index is 2.29. The van der Waals surface area contributed by atoms with Gasteiger partial charge < -0.3 is 9.47 Å². The van der Waals surface area contributed by atoms with Gasteiger partial charge in [0.05, 0.1) is 18.2 Å². The van der Waals surface area contributed by atoms with Crippen molar-refractivity contribution in [2.75, 3.05) is 13.2 Å². The Labute approximate surface area is 156 Å². The maximum atomic E-state index is 14.5. The molecule has 0 heterocycles. The van der Waals surface area contributed by atoms with Crippen LogP contribution >= 0.6 is 11.6 Å². The van der Waals surface area contributed by atoms with E-state index in [9.17, 15) is 13.2 Å². The molecule has 0 atom stereocenters. The zero-order valence-electron chi connectivity index (χ0n) is 14.9. The van der Waals surface area contributed by atoms with E-state index in [2.05, 4.69) is 0 Å². The second-order valence-corrected chi connectivity index (χ2v) is 6.26. The van der Waals surface area contributed by atoms with Gasteiger partial charge in [0.1, 0.15) is 0 Å². The van der Waals surface area contributed by atoms with Gasteiger partial charge >= 0.3 is 0 Å². The second kappa shape index (κ2) is 9.72. The Bertz CT molecular complexity index is 750. The summed E-state index contributed by atoms with van der Waals surface area (Å²) < 4.78 is 53.6. The van der Waals surface area contributed by atoms with Gasteiger partial charge in [0, 0.05) is 11.1 Å². The summed E-state index contributed by atoms with van der Waals surface area (Å²) in [6, 6.07) is 5.44. The number of halogens is 4. The zero-order valence-corrected chi connectivity index (χ0v) is 15.6. The smallest absolute Gasteiger partial charge is 0.201 e. The molecule has 0 saturated heterocycles. The molecular formula is C20H22ClF3O2. The highest BCUT2D eigenvalue weighted by molar-refractivity contribution is 6.33. The normalized spacial score (nSPS) is 10.8. The first-order valence-electron chi connectivity index (χ1n) is 8.73. The molecule has 6 heteroatoms. The lowest BCUT2D eigenvalue weighted by Crippen LogP contribution is -2.02. The van der Waals surface area contributed by atoms with E-state index in [4.69, 9.17) is 21.1 Å². The minimum absolute atomic E-state index is 0.0163. The summed E-state index contributed by atoms with van der Waals surface area (Å²) in [6.07, 6.45) is 3.42. The Morgan fingerprint density at radius 1 is 0.731 bits per heavy atom. The van der Waals surface area contributed by atoms with Crippen LogP contribution in [-0.4, -0.2) is 13.2 Å². The number of ether oxygens (including phenoxy) is 2. The van der Waals surface area contributed by atoms with Gasteiger partial charge in [0.2, 0.25) is 5.82 Å². The summed E-state index contributed by atoms with van der Waals surface area (Å²) in [5, 5.41) is -0.312. The third-order valence-corrected chi connectivity index (χ3v) is 4.22. The maximum Gasteiger partial charge on any atom is 0.201 e. The summed E-state index contributed by atoms with van der Waals surface area (Å²) in [7, 11) is 0. The molecule has 142 valence electrons. The molecule has 0 aromatic heterocycles. The van der Waals surface area contributed by atoms with Gasteiger partial charge in [-0.1, -0.05) is 38.3 Å². The Kier molecular flexibility index (Phi) is 7.64. The lowest BCUT2D eigenvalue weighted by atomic mass is 10.0. The van der Waals surface area contributed by atoms with Crippen molar-refractivity contribution in [1.29, 1.82) is 0 Å². The first kappa shape index (κ1) is 20.4. The van der Waals surface area contributed by atoms with Crippen molar-refractivity contribution in [3.8, 4) is 22.6 Å². The van der Waals surface area contributed by atoms with E-state index in [0.717, 1.165) is 19.3 Å². The molecular weight excluding hydrogens is 365 g/mol. The molecule has 0 bridgehead atoms. The molecule has 2 aromatic rings. The van der Waals surface area contributed by atoms with Crippen LogP contribution in [0.1, 0.15) is 39.5 Å². The topological polar surface area (TPSA) is 18.5 Å². The molecule has 0 saturated carbocycles. The lowest BCUT2D eigenvalue weighted by molar-refractivity contribution is 0.286. The van der Waals surface area contributed by atoms with Gasteiger partial charge in [-0.3, -0.25) is 0 Å². The number of rotatable bonds is 9. The van der Waals surface area contributed by atoms with Gasteiger partial charge in [0.15, 0.2) is 23.1 Å². The minimum Gasteiger partial charge on any atom is -0.490 e. The van der Waals surface area contributed by atoms with Crippen molar-refractivity contribution in [3.63, 3.8) is 0 Å². The number of hydrogen-bond donors (Lipinski definition) is 0. The molecule has 0 amide bonds. The van der Waals surface area contributed by atoms with Crippen LogP contribution in [0.2, 0.25) is 5.02 Å². The van der Waals surface area contributed by atoms with Crippen LogP contribution in [-0.2, 0) is 0 Å². The fourth-order valence-electron chi connectivity index (χ4n) is 2.45. The van der Waals surface area contributed by atoms with Gasteiger partial charge in [-0.2, -0.15) is 4.39 Å². The minimum atomic E-state index is -1.12. The molecule has 0 aliphatic rings. The van der Waals surface area contributed by atoms with Gasteiger partial charge in [0.25, 0.3) is 0 Å². The Morgan fingerprint density at radius 3 is 2.00 bits per heavy atom. The van der Waals surface area contributed by atoms with Crippen LogP contribution in [0.3, 0.4) is 0 Å². The van der Waals surface area contributed by atoms with Gasteiger partial charge in [-0.25, -0.2) is 8.78 Å². The summed E-state index contributed by atoms with van der Waals surface area (Å²) >= 11 is 6.02. The zero-order chi connectivity index (χ0) is 19.1. The molecule has 0 unspecified atom stereocenters. The van der Waals surface area contributed by atoms with Crippen molar-refractivity contribution >= 4 is 11.6 Å². The van der Waals surface area contributed by atoms with Crippen molar-refractivity contribution in [3.05, 3.63) is 46.7 Å². The molecule has 2 rings (SSSR count). The summed E-state index contributed by atoms with van der Waals surface area (Å²) in [5.74, 6) is -3.21. The summed E-state index contributed by atoms with van der Waals surface area (Å²) in [6.45, 7) is 4.57. The highest BCUT2D eigenvalue weighted by Gasteiger charge is 2.20. The predicted molar refractivity (Wildman–Crippen MR) is 97.6 cm³/mol. The average Bonchev–Trinajstić information content (AvgIpc) is 2.64. The average molecular weight is 387 g/mol. The first-order chi connectivity index (χ1) is 12.5. The molecule has 0 aliphatic heterocycles. The van der Waals surface area contributed by atoms with E-state index < -0.39 is 17.5 Å². The molecule has 2 aromatic carbocycles. The largest absolute Gasteiger partial charge is 0.490 e. The Hall–Kier alpha value is -1.88. The molecule has 2 nitrogen and oxygen atoms in total. The molecule has 0 aliphatic carbocycles. The number of benzene rings is 2. The highest BCUT2D eigenvalue weighted by atomic mass is 35.5. The molecule has 0 fully saturated rings. The van der Waals surface area contributed by atoms with Crippen LogP contribution in [0.5, 0.6) is 11.5 Å². The fraction of sp³-hybridized carbons (Fsp3) is 0.400. The van der Waals surface area contributed by atoms with Gasteiger partial charge in [-0.05, 0) is 37.1 Å². The monoisotopic (exact) mass is 386 g/mol. The van der Waals surface area contributed by atoms with Crippen LogP contribution in [0.4, 0.5) is 13.2 Å². The van der Waals surface area contributed by atoms with Crippen LogP contribution in [0.15, 0.2) is 24.3 Å². The SMILES string of the molecule is CCCCCOc1ccc(-c2ccc(OCCC)c(F)c2Cl)c(F)c1F. The van der Waals surface area contributed by atoms with Crippen molar-refractivity contribution < 1.29 is 22.6 Å². The van der Waals surface area contributed by atoms with E-state index in [1.165, 1.54) is 24.3 Å². The van der Waals surface area contributed by atoms with Crippen LogP contribution in [0, 0.1) is 17.5 Å². The van der Waals surface area contributed by atoms with E-state index >= 15 is 0 Å². The van der Waals surface area contributed by atoms with E-state index in [1.54, 1.807) is 0 Å². The number of unbranched alkanes of at least 4 members (excludes halogenated alkanes) is 2. The Morgan fingerprint density at radius 2 is 1.35 bits per heavy atom. The quantitative estimate of drug-likeness (QED) is 0.442. The standard InChI is InChI=1S/C20H22ClF3O2/c1-3-5-6-12-26-16-10-8-14(18(22)20(16)24)13-7-9-15(25-11-4-2)19(23)17(13)21/h7-10H,3-6,11-12H2,1-2H3. The molecule has 0 N–H and O–H groups in total. The van der Waals surface area contributed by atoms with Crippen LogP contribution < -0.4 is 9.47 Å². The van der Waals surface area contributed by atoms with E-state index in [-0.39, 0.29) is 27.6 Å². The molecule has 26 heavy (non-hydrogen) atoms. The maximum absolute atomic E-state index is 14.5. The third-order valence-electron chi connectivity index (χ3n) is 3.85. The highest BCUT2D eigenvalue weighted by Crippen LogP contribution is 2.38. The predicted octanol–water partition coefficient (Wildman–Crippen LogP) is 6.78. The summed E-state index contributed by atoms with van der Waals surface area (Å²) in [5.41, 5.74) is -0.0729. The molecule has 0 radical (unpaired) electrons. The third kappa shape index (κ3) is 4.64. The van der Waals surface area contributed by atoms with E-state index in [0.29, 0.717) is 19.6 Å². The van der Waals surface area contributed by atoms with E-state index in [1.807, 2.05) is 13.8 Å².